The van der Waals surface area contributed by atoms with E-state index < -0.39 is 49.7 Å². The second-order valence-corrected chi connectivity index (χ2v) is 3.71. The highest BCUT2D eigenvalue weighted by Gasteiger charge is 2.44. The highest BCUT2D eigenvalue weighted by atomic mass is 16.6. The highest BCUT2D eigenvalue weighted by molar-refractivity contribution is 5.78. The first kappa shape index (κ1) is 14.6. The lowest BCUT2D eigenvalue weighted by Gasteiger charge is -2.40. The Morgan fingerprint density at radius 2 is 2.06 bits per heavy atom. The van der Waals surface area contributed by atoms with Crippen LogP contribution in [0.2, 0.25) is 0 Å². The zero-order valence-electron chi connectivity index (χ0n) is 9.25. The third-order valence-corrected chi connectivity index (χ3v) is 2.51. The monoisotopic (exact) mass is 262 g/mol. The van der Waals surface area contributed by atoms with Crippen LogP contribution in [0, 0.1) is 0 Å². The average Bonchev–Trinajstić information content (AvgIpc) is 2.36. The first-order valence-corrected chi connectivity index (χ1v) is 5.12. The summed E-state index contributed by atoms with van der Waals surface area (Å²) in [5.74, 6) is -0.742. The molecule has 1 aliphatic heterocycles. The molecule has 5 atom stereocenters. The maximum absolute atomic E-state index is 11.2. The number of carbonyl (C=O) groups excluding carboxylic acids is 1. The van der Waals surface area contributed by atoms with Crippen molar-refractivity contribution in [3.8, 4) is 0 Å². The number of rotatable bonds is 4. The zero-order valence-corrected chi connectivity index (χ0v) is 9.25. The quantitative estimate of drug-likeness (QED) is 0.208. The number of nitrogens with one attached hydrogen (secondary N) is 1. The van der Waals surface area contributed by atoms with Gasteiger partial charge in [-0.25, -0.2) is 0 Å². The van der Waals surface area contributed by atoms with E-state index in [1.165, 1.54) is 0 Å². The van der Waals surface area contributed by atoms with E-state index in [0.717, 1.165) is 0 Å². The van der Waals surface area contributed by atoms with E-state index in [-0.39, 0.29) is 0 Å². The predicted molar refractivity (Wildman–Crippen MR) is 55.9 cm³/mol. The molecular weight excluding hydrogens is 248 g/mol. The summed E-state index contributed by atoms with van der Waals surface area (Å²) < 4.78 is 4.81. The molecule has 0 aromatic rings. The van der Waals surface area contributed by atoms with Crippen molar-refractivity contribution in [3.05, 3.63) is 10.4 Å². The molecule has 3 unspecified atom stereocenters. The van der Waals surface area contributed by atoms with Gasteiger partial charge in [0.25, 0.3) is 0 Å². The molecule has 1 rings (SSSR count). The minimum atomic E-state index is -1.59. The number of carbonyl (C=O) groups is 1. The Balaban J connectivity index is 2.64. The molecule has 102 valence electrons. The van der Waals surface area contributed by atoms with Gasteiger partial charge in [-0.05, 0) is 5.53 Å². The van der Waals surface area contributed by atoms with E-state index in [4.69, 9.17) is 15.4 Å². The SMILES string of the molecule is [N-]=[N+]=NCC(=O)N[C@H]1C(O)OC(CO)[C@H](O)C1O. The molecule has 0 aliphatic carbocycles. The lowest BCUT2D eigenvalue weighted by Crippen LogP contribution is -2.64. The summed E-state index contributed by atoms with van der Waals surface area (Å²) in [6, 6.07) is -1.27. The fraction of sp³-hybridized carbons (Fsp3) is 0.875. The Morgan fingerprint density at radius 1 is 1.39 bits per heavy atom. The normalized spacial score (nSPS) is 35.7. The van der Waals surface area contributed by atoms with Gasteiger partial charge >= 0.3 is 0 Å². The van der Waals surface area contributed by atoms with Crippen molar-refractivity contribution in [1.29, 1.82) is 0 Å². The number of nitrogens with zero attached hydrogens (tertiary/aromatic N) is 3. The minimum absolute atomic E-state index is 0.508. The van der Waals surface area contributed by atoms with Crippen molar-refractivity contribution < 1.29 is 30.0 Å². The summed E-state index contributed by atoms with van der Waals surface area (Å²) in [6.45, 7) is -1.10. The van der Waals surface area contributed by atoms with Crippen molar-refractivity contribution in [2.24, 2.45) is 5.11 Å². The number of amides is 1. The molecule has 1 saturated heterocycles. The van der Waals surface area contributed by atoms with Gasteiger partial charge in [0.2, 0.25) is 5.91 Å². The van der Waals surface area contributed by atoms with E-state index >= 15 is 0 Å². The fourth-order valence-electron chi connectivity index (χ4n) is 1.58. The van der Waals surface area contributed by atoms with Gasteiger partial charge in [0.05, 0.1) is 6.61 Å². The summed E-state index contributed by atoms with van der Waals surface area (Å²) in [7, 11) is 0. The maximum atomic E-state index is 11.2. The first-order valence-electron chi connectivity index (χ1n) is 5.12. The summed E-state index contributed by atoms with van der Waals surface area (Å²) in [5.41, 5.74) is 8.02. The molecule has 0 bridgehead atoms. The van der Waals surface area contributed by atoms with E-state index in [9.17, 15) is 20.1 Å². The fourth-order valence-corrected chi connectivity index (χ4v) is 1.58. The number of ether oxygens (including phenoxy) is 1. The van der Waals surface area contributed by atoms with Crippen LogP contribution in [-0.2, 0) is 9.53 Å². The van der Waals surface area contributed by atoms with Crippen molar-refractivity contribution >= 4 is 5.91 Å². The Kier molecular flexibility index (Phi) is 5.28. The Bertz CT molecular complexity index is 346. The van der Waals surface area contributed by atoms with Crippen molar-refractivity contribution in [2.45, 2.75) is 30.6 Å². The molecule has 0 saturated carbocycles. The summed E-state index contributed by atoms with van der Waals surface area (Å²) in [5, 5.41) is 42.7. The second-order valence-electron chi connectivity index (χ2n) is 3.71. The summed E-state index contributed by atoms with van der Waals surface area (Å²) >= 11 is 0. The van der Waals surface area contributed by atoms with Gasteiger partial charge in [0.15, 0.2) is 6.29 Å². The van der Waals surface area contributed by atoms with Crippen molar-refractivity contribution in [2.75, 3.05) is 13.2 Å². The van der Waals surface area contributed by atoms with Gasteiger partial charge in [-0.1, -0.05) is 5.11 Å². The predicted octanol–water partition coefficient (Wildman–Crippen LogP) is -2.79. The molecule has 0 aromatic carbocycles. The molecule has 1 fully saturated rings. The van der Waals surface area contributed by atoms with Crippen LogP contribution in [0.25, 0.3) is 10.4 Å². The molecule has 0 radical (unpaired) electrons. The van der Waals surface area contributed by atoms with Crippen LogP contribution < -0.4 is 5.32 Å². The van der Waals surface area contributed by atoms with E-state index in [1.807, 2.05) is 0 Å². The smallest absolute Gasteiger partial charge is 0.226 e. The van der Waals surface area contributed by atoms with Crippen LogP contribution >= 0.6 is 0 Å². The van der Waals surface area contributed by atoms with Crippen LogP contribution in [0.4, 0.5) is 0 Å². The molecular formula is C8H14N4O6. The molecule has 1 aliphatic rings. The molecule has 1 amide bonds. The first-order chi connectivity index (χ1) is 8.51. The van der Waals surface area contributed by atoms with E-state index in [1.54, 1.807) is 0 Å². The number of hydrogen-bond acceptors (Lipinski definition) is 7. The lowest BCUT2D eigenvalue weighted by molar-refractivity contribution is -0.253. The van der Waals surface area contributed by atoms with Crippen molar-refractivity contribution in [1.82, 2.24) is 5.32 Å². The highest BCUT2D eigenvalue weighted by Crippen LogP contribution is 2.19. The van der Waals surface area contributed by atoms with E-state index in [2.05, 4.69) is 15.3 Å². The Hall–Kier alpha value is -1.42. The van der Waals surface area contributed by atoms with Crippen LogP contribution in [0.15, 0.2) is 5.11 Å². The molecule has 18 heavy (non-hydrogen) atoms. The molecule has 5 N–H and O–H groups in total. The largest absolute Gasteiger partial charge is 0.394 e. The van der Waals surface area contributed by atoms with Gasteiger partial charge in [0, 0.05) is 4.91 Å². The standard InChI is InChI=1S/C8H14N4O6/c9-12-10-1-4(14)11-5-7(16)6(15)3(2-13)18-8(5)17/h3,5-8,13,15-17H,1-2H2,(H,11,14)/t3?,5-,6+,7?,8?/m1/s1. The number of aliphatic hydroxyl groups excluding tert-OH is 4. The molecule has 0 aromatic heterocycles. The van der Waals surface area contributed by atoms with Crippen molar-refractivity contribution in [3.63, 3.8) is 0 Å². The van der Waals surface area contributed by atoms with Crippen LogP contribution in [0.5, 0.6) is 0 Å². The molecule has 10 heteroatoms. The maximum Gasteiger partial charge on any atom is 0.226 e. The molecule has 1 heterocycles. The molecule has 10 nitrogen and oxygen atoms in total. The number of azide groups is 1. The summed E-state index contributed by atoms with van der Waals surface area (Å²) in [6.07, 6.45) is -5.69. The van der Waals surface area contributed by atoms with E-state index in [0.29, 0.717) is 0 Å². The third kappa shape index (κ3) is 3.29. The van der Waals surface area contributed by atoms with Gasteiger partial charge in [-0.3, -0.25) is 4.79 Å². The molecule has 0 spiro atoms. The van der Waals surface area contributed by atoms with Gasteiger partial charge in [0.1, 0.15) is 30.9 Å². The average molecular weight is 262 g/mol. The van der Waals surface area contributed by atoms with Crippen LogP contribution in [0.1, 0.15) is 0 Å². The number of aliphatic hydroxyl groups is 4. The Morgan fingerprint density at radius 3 is 2.61 bits per heavy atom. The van der Waals surface area contributed by atoms with Gasteiger partial charge < -0.3 is 30.5 Å². The Labute approximate surface area is 101 Å². The second kappa shape index (κ2) is 6.50. The third-order valence-electron chi connectivity index (χ3n) is 2.51. The summed E-state index contributed by atoms with van der Waals surface area (Å²) in [4.78, 5) is 13.6. The zero-order chi connectivity index (χ0) is 13.7. The van der Waals surface area contributed by atoms with Gasteiger partial charge in [-0.2, -0.15) is 0 Å². The van der Waals surface area contributed by atoms with Crippen LogP contribution in [-0.4, -0.2) is 70.1 Å². The lowest BCUT2D eigenvalue weighted by atomic mass is 9.97. The van der Waals surface area contributed by atoms with Crippen LogP contribution in [0.3, 0.4) is 0 Å². The minimum Gasteiger partial charge on any atom is -0.394 e. The van der Waals surface area contributed by atoms with Gasteiger partial charge in [-0.15, -0.1) is 0 Å². The number of hydrogen-bond donors (Lipinski definition) is 5. The topological polar surface area (TPSA) is 168 Å².